The number of rotatable bonds is 15. The largest absolute Gasteiger partial charge is 0.463 e. The molecule has 1 heterocycles. The molecule has 1 aliphatic carbocycles. The van der Waals surface area contributed by atoms with Crippen molar-refractivity contribution in [2.75, 3.05) is 24.5 Å². The lowest BCUT2D eigenvalue weighted by Crippen LogP contribution is -2.43. The van der Waals surface area contributed by atoms with Gasteiger partial charge in [0.05, 0.1) is 31.1 Å². The number of anilines is 1. The molecule has 1 aromatic carbocycles. The summed E-state index contributed by atoms with van der Waals surface area (Å²) in [6, 6.07) is 3.95. The minimum atomic E-state index is -4.17. The smallest absolute Gasteiger partial charge is 0.335 e. The van der Waals surface area contributed by atoms with Gasteiger partial charge in [-0.2, -0.15) is 0 Å². The molecule has 2 aliphatic rings. The maximum Gasteiger partial charge on any atom is 0.335 e. The summed E-state index contributed by atoms with van der Waals surface area (Å²) < 4.78 is 60.7. The molecule has 1 aliphatic heterocycles. The number of unbranched alkanes of at least 4 members (excludes halogenated alkanes) is 6. The molecule has 3 N–H and O–H groups in total. The Morgan fingerprint density at radius 2 is 1.72 bits per heavy atom. The van der Waals surface area contributed by atoms with Gasteiger partial charge in [0.2, 0.25) is 10.0 Å². The van der Waals surface area contributed by atoms with Gasteiger partial charge in [-0.15, -0.1) is 0 Å². The van der Waals surface area contributed by atoms with Crippen molar-refractivity contribution in [2.45, 2.75) is 101 Å². The third-order valence-corrected chi connectivity index (χ3v) is 8.95. The molecule has 0 aromatic heterocycles. The van der Waals surface area contributed by atoms with Gasteiger partial charge < -0.3 is 24.4 Å². The third-order valence-electron chi connectivity index (χ3n) is 7.21. The van der Waals surface area contributed by atoms with Crippen molar-refractivity contribution in [3.8, 4) is 0 Å². The van der Waals surface area contributed by atoms with Crippen molar-refractivity contribution in [3.63, 3.8) is 0 Å². The van der Waals surface area contributed by atoms with Gasteiger partial charge in [0.25, 0.3) is 0 Å². The molecule has 0 saturated carbocycles. The fourth-order valence-corrected chi connectivity index (χ4v) is 6.74. The highest BCUT2D eigenvalue weighted by molar-refractivity contribution is 7.93. The second-order valence-electron chi connectivity index (χ2n) is 10.2. The quantitative estimate of drug-likeness (QED) is 0.213. The van der Waals surface area contributed by atoms with Gasteiger partial charge in [0.1, 0.15) is 23.3 Å². The first-order valence-electron chi connectivity index (χ1n) is 14.0. The average molecular weight is 572 g/mol. The van der Waals surface area contributed by atoms with E-state index in [2.05, 4.69) is 11.6 Å². The zero-order valence-electron chi connectivity index (χ0n) is 22.9. The molecule has 220 valence electrons. The van der Waals surface area contributed by atoms with E-state index in [0.717, 1.165) is 25.7 Å². The van der Waals surface area contributed by atoms with Crippen LogP contribution in [-0.4, -0.2) is 67.7 Å². The number of sulfonamides is 1. The first-order chi connectivity index (χ1) is 18.7. The lowest BCUT2D eigenvalue weighted by Gasteiger charge is -2.33. The second-order valence-corrected chi connectivity index (χ2v) is 12.0. The van der Waals surface area contributed by atoms with Crippen LogP contribution in [0.4, 0.5) is 10.1 Å². The van der Waals surface area contributed by atoms with E-state index in [-0.39, 0.29) is 30.7 Å². The topological polar surface area (TPSA) is 131 Å². The molecule has 1 unspecified atom stereocenters. The van der Waals surface area contributed by atoms with Gasteiger partial charge in [0.15, 0.2) is 5.79 Å². The van der Waals surface area contributed by atoms with Crippen molar-refractivity contribution >= 4 is 21.7 Å². The van der Waals surface area contributed by atoms with Gasteiger partial charge in [-0.3, -0.25) is 4.72 Å². The highest BCUT2D eigenvalue weighted by Gasteiger charge is 2.51. The van der Waals surface area contributed by atoms with Crippen LogP contribution in [-0.2, 0) is 35.4 Å². The van der Waals surface area contributed by atoms with Gasteiger partial charge in [-0.1, -0.05) is 45.4 Å². The van der Waals surface area contributed by atoms with Gasteiger partial charge >= 0.3 is 5.97 Å². The summed E-state index contributed by atoms with van der Waals surface area (Å²) >= 11 is 0. The van der Waals surface area contributed by atoms with E-state index < -0.39 is 58.3 Å². The summed E-state index contributed by atoms with van der Waals surface area (Å²) in [6.45, 7) is 2.98. The molecule has 9 nitrogen and oxygen atoms in total. The molecular weight excluding hydrogens is 529 g/mol. The van der Waals surface area contributed by atoms with E-state index >= 15 is 0 Å². The van der Waals surface area contributed by atoms with Crippen LogP contribution in [0, 0.1) is 5.82 Å². The monoisotopic (exact) mass is 571 g/mol. The number of halogens is 1. The van der Waals surface area contributed by atoms with Crippen molar-refractivity contribution in [2.24, 2.45) is 0 Å². The van der Waals surface area contributed by atoms with E-state index in [4.69, 9.17) is 14.2 Å². The van der Waals surface area contributed by atoms with Crippen molar-refractivity contribution < 1.29 is 42.0 Å². The van der Waals surface area contributed by atoms with Crippen LogP contribution in [0.3, 0.4) is 0 Å². The molecule has 1 spiro atoms. The predicted molar refractivity (Wildman–Crippen MR) is 145 cm³/mol. The number of esters is 1. The average Bonchev–Trinajstić information content (AvgIpc) is 3.26. The molecule has 11 heteroatoms. The lowest BCUT2D eigenvalue weighted by atomic mass is 9.94. The highest BCUT2D eigenvalue weighted by atomic mass is 32.2. The summed E-state index contributed by atoms with van der Waals surface area (Å²) in [4.78, 5) is 12.9. The van der Waals surface area contributed by atoms with Crippen LogP contribution in [0.2, 0.25) is 0 Å². The molecule has 1 aromatic rings. The van der Waals surface area contributed by atoms with Gasteiger partial charge in [-0.25, -0.2) is 17.6 Å². The van der Waals surface area contributed by atoms with Gasteiger partial charge in [0, 0.05) is 6.42 Å². The summed E-state index contributed by atoms with van der Waals surface area (Å²) in [6.07, 6.45) is 7.77. The van der Waals surface area contributed by atoms with E-state index in [1.54, 1.807) is 6.92 Å². The molecule has 1 fully saturated rings. The molecule has 3 atom stereocenters. The van der Waals surface area contributed by atoms with E-state index in [1.807, 2.05) is 0 Å². The Bertz CT molecular complexity index is 1080. The summed E-state index contributed by atoms with van der Waals surface area (Å²) in [7, 11) is -4.17. The number of carbonyl (C=O) groups excluding carboxylic acids is 1. The van der Waals surface area contributed by atoms with Crippen molar-refractivity contribution in [1.82, 2.24) is 0 Å². The zero-order chi connectivity index (χ0) is 28.5. The van der Waals surface area contributed by atoms with Gasteiger partial charge in [-0.05, 0) is 56.0 Å². The Balaban J connectivity index is 1.80. The van der Waals surface area contributed by atoms with Crippen molar-refractivity contribution in [3.05, 3.63) is 41.2 Å². The number of hydrogen-bond donors (Lipinski definition) is 3. The molecule has 0 amide bonds. The van der Waals surface area contributed by atoms with E-state index in [9.17, 15) is 27.8 Å². The summed E-state index contributed by atoms with van der Waals surface area (Å²) in [5, 5.41) is 17.9. The minimum absolute atomic E-state index is 0.0319. The number of aryl methyl sites for hydroxylation is 1. The molecular formula is C28H42FNO8S. The SMILES string of the molecule is CCCCCCCCCc1cc(F)ccc1NS(=O)(=O)C1CCC2(C=C1C(=O)OCC)O[C@H](CO)[C@@H](CO)O2. The molecule has 0 bridgehead atoms. The fraction of sp³-hybridized carbons (Fsp3) is 0.679. The molecule has 1 saturated heterocycles. The summed E-state index contributed by atoms with van der Waals surface area (Å²) in [5.74, 6) is -2.74. The number of aliphatic hydroxyl groups excluding tert-OH is 2. The maximum absolute atomic E-state index is 14.1. The Kier molecular flexibility index (Phi) is 11.7. The number of aliphatic hydroxyl groups is 2. The normalized spacial score (nSPS) is 22.6. The minimum Gasteiger partial charge on any atom is -0.463 e. The Morgan fingerprint density at radius 1 is 1.08 bits per heavy atom. The number of carbonyl (C=O) groups is 1. The molecule has 3 rings (SSSR count). The first-order valence-corrected chi connectivity index (χ1v) is 15.5. The number of hydrogen-bond acceptors (Lipinski definition) is 8. The van der Waals surface area contributed by atoms with Crippen LogP contribution in [0.15, 0.2) is 29.8 Å². The number of ether oxygens (including phenoxy) is 3. The predicted octanol–water partition coefficient (Wildman–Crippen LogP) is 3.98. The first kappa shape index (κ1) is 31.5. The van der Waals surface area contributed by atoms with Crippen LogP contribution < -0.4 is 4.72 Å². The Labute approximate surface area is 230 Å². The lowest BCUT2D eigenvalue weighted by molar-refractivity contribution is -0.154. The zero-order valence-corrected chi connectivity index (χ0v) is 23.7. The number of benzene rings is 1. The van der Waals surface area contributed by atoms with Crippen molar-refractivity contribution in [1.29, 1.82) is 0 Å². The summed E-state index contributed by atoms with van der Waals surface area (Å²) in [5.41, 5.74) is 0.682. The van der Waals surface area contributed by atoms with Crippen LogP contribution in [0.5, 0.6) is 0 Å². The van der Waals surface area contributed by atoms with Crippen LogP contribution in [0.1, 0.15) is 77.2 Å². The fourth-order valence-electron chi connectivity index (χ4n) is 5.17. The third kappa shape index (κ3) is 8.23. The Morgan fingerprint density at radius 3 is 2.33 bits per heavy atom. The molecule has 0 radical (unpaired) electrons. The van der Waals surface area contributed by atoms with E-state index in [1.165, 1.54) is 43.5 Å². The maximum atomic E-state index is 14.1. The number of nitrogens with one attached hydrogen (secondary N) is 1. The van der Waals surface area contributed by atoms with Crippen LogP contribution >= 0.6 is 0 Å². The molecule has 39 heavy (non-hydrogen) atoms. The standard InChI is InChI=1S/C28H42FNO8S/c1-3-5-6-7-8-9-10-11-20-16-21(29)12-13-23(20)30-39(34,35)26-14-15-28(17-22(26)27(33)36-4-2)37-24(18-31)25(19-32)38-28/h12-13,16-17,24-26,30-32H,3-11,14-15,18-19H2,1-2H3/t24-,25-,26?/m1/s1. The Hall–Kier alpha value is -2.05. The van der Waals surface area contributed by atoms with E-state index in [0.29, 0.717) is 12.0 Å². The second kappa shape index (κ2) is 14.5. The van der Waals surface area contributed by atoms with Crippen LogP contribution in [0.25, 0.3) is 0 Å². The highest BCUT2D eigenvalue weighted by Crippen LogP contribution is 2.41.